The third-order valence-corrected chi connectivity index (χ3v) is 3.71. The fraction of sp³-hybridized carbons (Fsp3) is 1.00. The molecule has 1 unspecified atom stereocenters. The third kappa shape index (κ3) is 4.81. The Morgan fingerprint density at radius 2 is 2.06 bits per heavy atom. The van der Waals surface area contributed by atoms with E-state index < -0.39 is 0 Å². The second-order valence-electron chi connectivity index (χ2n) is 5.44. The Bertz CT molecular complexity index is 179. The van der Waals surface area contributed by atoms with Gasteiger partial charge in [-0.05, 0) is 43.7 Å². The van der Waals surface area contributed by atoms with Crippen LogP contribution in [-0.4, -0.2) is 32.8 Å². The van der Waals surface area contributed by atoms with Crippen molar-refractivity contribution in [2.75, 3.05) is 32.8 Å². The van der Waals surface area contributed by atoms with Crippen LogP contribution in [0.5, 0.6) is 0 Å². The average Bonchev–Trinajstić information content (AvgIpc) is 2.29. The van der Waals surface area contributed by atoms with Crippen LogP contribution in [0.15, 0.2) is 0 Å². The molecule has 3 N–H and O–H groups in total. The Labute approximate surface area is 100 Å². The van der Waals surface area contributed by atoms with Crippen molar-refractivity contribution in [1.82, 2.24) is 5.32 Å². The summed E-state index contributed by atoms with van der Waals surface area (Å²) in [5.41, 5.74) is 6.19. The van der Waals surface area contributed by atoms with Crippen molar-refractivity contribution in [3.8, 4) is 0 Å². The van der Waals surface area contributed by atoms with Crippen LogP contribution in [-0.2, 0) is 4.74 Å². The van der Waals surface area contributed by atoms with Gasteiger partial charge < -0.3 is 15.8 Å². The van der Waals surface area contributed by atoms with Crippen LogP contribution in [0.25, 0.3) is 0 Å². The minimum atomic E-state index is 0.434. The first-order valence-corrected chi connectivity index (χ1v) is 6.69. The molecule has 1 fully saturated rings. The van der Waals surface area contributed by atoms with E-state index in [1.165, 1.54) is 25.7 Å². The fourth-order valence-corrected chi connectivity index (χ4v) is 2.33. The molecule has 1 atom stereocenters. The molecule has 1 heterocycles. The average molecular weight is 228 g/mol. The lowest BCUT2D eigenvalue weighted by Gasteiger charge is -2.34. The lowest BCUT2D eigenvalue weighted by atomic mass is 9.82. The summed E-state index contributed by atoms with van der Waals surface area (Å²) in [6.45, 7) is 9.42. The van der Waals surface area contributed by atoms with Gasteiger partial charge in [0.2, 0.25) is 0 Å². The van der Waals surface area contributed by atoms with Crippen LogP contribution >= 0.6 is 0 Å². The van der Waals surface area contributed by atoms with Crippen molar-refractivity contribution >= 4 is 0 Å². The van der Waals surface area contributed by atoms with E-state index in [-0.39, 0.29) is 0 Å². The molecule has 3 heteroatoms. The van der Waals surface area contributed by atoms with Crippen molar-refractivity contribution in [2.24, 2.45) is 17.1 Å². The van der Waals surface area contributed by atoms with Gasteiger partial charge in [0.25, 0.3) is 0 Å². The van der Waals surface area contributed by atoms with Gasteiger partial charge in [0.05, 0.1) is 0 Å². The van der Waals surface area contributed by atoms with Crippen LogP contribution in [0.2, 0.25) is 0 Å². The predicted molar refractivity (Wildman–Crippen MR) is 68.5 cm³/mol. The zero-order chi connectivity index (χ0) is 11.9. The summed E-state index contributed by atoms with van der Waals surface area (Å²) in [7, 11) is 0. The van der Waals surface area contributed by atoms with Gasteiger partial charge in [-0.2, -0.15) is 0 Å². The molecular formula is C13H28N2O. The quantitative estimate of drug-likeness (QED) is 0.698. The number of hydrogen-bond donors (Lipinski definition) is 2. The zero-order valence-electron chi connectivity index (χ0n) is 10.9. The lowest BCUT2D eigenvalue weighted by Crippen LogP contribution is -2.39. The van der Waals surface area contributed by atoms with Crippen molar-refractivity contribution < 1.29 is 4.74 Å². The van der Waals surface area contributed by atoms with E-state index >= 15 is 0 Å². The number of nitrogens with one attached hydrogen (secondary N) is 1. The van der Waals surface area contributed by atoms with Gasteiger partial charge in [-0.15, -0.1) is 0 Å². The van der Waals surface area contributed by atoms with Crippen LogP contribution < -0.4 is 11.1 Å². The summed E-state index contributed by atoms with van der Waals surface area (Å²) in [6, 6.07) is 0. The Morgan fingerprint density at radius 3 is 2.62 bits per heavy atom. The smallest absolute Gasteiger partial charge is 0.0471 e. The van der Waals surface area contributed by atoms with Gasteiger partial charge in [-0.3, -0.25) is 0 Å². The molecule has 0 aromatic rings. The molecule has 1 rings (SSSR count). The van der Waals surface area contributed by atoms with Gasteiger partial charge in [0.1, 0.15) is 0 Å². The molecule has 0 aromatic heterocycles. The van der Waals surface area contributed by atoms with E-state index in [9.17, 15) is 0 Å². The van der Waals surface area contributed by atoms with E-state index in [1.54, 1.807) is 0 Å². The van der Waals surface area contributed by atoms with Crippen molar-refractivity contribution in [3.63, 3.8) is 0 Å². The van der Waals surface area contributed by atoms with Crippen LogP contribution in [0.4, 0.5) is 0 Å². The Morgan fingerprint density at radius 1 is 1.38 bits per heavy atom. The van der Waals surface area contributed by atoms with Crippen molar-refractivity contribution in [1.29, 1.82) is 0 Å². The highest BCUT2D eigenvalue weighted by Gasteiger charge is 2.26. The second kappa shape index (κ2) is 7.25. The van der Waals surface area contributed by atoms with Crippen molar-refractivity contribution in [2.45, 2.75) is 39.5 Å². The summed E-state index contributed by atoms with van der Waals surface area (Å²) in [5, 5.41) is 3.60. The van der Waals surface area contributed by atoms with E-state index in [4.69, 9.17) is 10.5 Å². The summed E-state index contributed by atoms with van der Waals surface area (Å²) in [4.78, 5) is 0. The Kier molecular flexibility index (Phi) is 6.32. The molecular weight excluding hydrogens is 200 g/mol. The maximum Gasteiger partial charge on any atom is 0.0471 e. The summed E-state index contributed by atoms with van der Waals surface area (Å²) in [6.07, 6.45) is 4.83. The number of hydrogen-bond acceptors (Lipinski definition) is 3. The summed E-state index contributed by atoms with van der Waals surface area (Å²) in [5.74, 6) is 0.647. The molecule has 1 aliphatic rings. The summed E-state index contributed by atoms with van der Waals surface area (Å²) < 4.78 is 5.40. The summed E-state index contributed by atoms with van der Waals surface area (Å²) >= 11 is 0. The molecule has 0 radical (unpaired) electrons. The van der Waals surface area contributed by atoms with E-state index in [2.05, 4.69) is 19.2 Å². The maximum absolute atomic E-state index is 5.75. The third-order valence-electron chi connectivity index (χ3n) is 3.71. The molecule has 96 valence electrons. The first-order valence-electron chi connectivity index (χ1n) is 6.69. The molecule has 0 amide bonds. The molecule has 0 spiro atoms. The minimum absolute atomic E-state index is 0.434. The number of rotatable bonds is 7. The largest absolute Gasteiger partial charge is 0.381 e. The second-order valence-corrected chi connectivity index (χ2v) is 5.44. The molecule has 1 aliphatic heterocycles. The molecule has 0 bridgehead atoms. The highest BCUT2D eigenvalue weighted by atomic mass is 16.5. The lowest BCUT2D eigenvalue weighted by molar-refractivity contribution is 0.0238. The van der Waals surface area contributed by atoms with Gasteiger partial charge >= 0.3 is 0 Å². The number of ether oxygens (including phenoxy) is 1. The topological polar surface area (TPSA) is 47.3 Å². The predicted octanol–water partition coefficient (Wildman–Crippen LogP) is 1.77. The maximum atomic E-state index is 5.75. The minimum Gasteiger partial charge on any atom is -0.381 e. The van der Waals surface area contributed by atoms with Gasteiger partial charge in [-0.25, -0.2) is 0 Å². The zero-order valence-corrected chi connectivity index (χ0v) is 10.9. The molecule has 0 aromatic carbocycles. The van der Waals surface area contributed by atoms with Crippen LogP contribution in [0, 0.1) is 11.3 Å². The molecule has 0 saturated carbocycles. The van der Waals surface area contributed by atoms with Gasteiger partial charge in [0, 0.05) is 19.8 Å². The first kappa shape index (κ1) is 13.9. The first-order chi connectivity index (χ1) is 7.70. The molecule has 16 heavy (non-hydrogen) atoms. The van der Waals surface area contributed by atoms with Gasteiger partial charge in [-0.1, -0.05) is 20.3 Å². The fourth-order valence-electron chi connectivity index (χ4n) is 2.33. The monoisotopic (exact) mass is 228 g/mol. The normalized spacial score (nSPS) is 21.9. The highest BCUT2D eigenvalue weighted by Crippen LogP contribution is 2.28. The Hall–Kier alpha value is -0.120. The Balaban J connectivity index is 2.17. The van der Waals surface area contributed by atoms with Crippen LogP contribution in [0.1, 0.15) is 39.5 Å². The SMILES string of the molecule is CCCC(CN)CNCC1(C)CCOCC1. The van der Waals surface area contributed by atoms with Gasteiger partial charge in [0.15, 0.2) is 0 Å². The van der Waals surface area contributed by atoms with Crippen LogP contribution in [0.3, 0.4) is 0 Å². The number of nitrogens with two attached hydrogens (primary N) is 1. The van der Waals surface area contributed by atoms with E-state index in [0.29, 0.717) is 11.3 Å². The molecule has 1 saturated heterocycles. The molecule has 0 aliphatic carbocycles. The van der Waals surface area contributed by atoms with Crippen molar-refractivity contribution in [3.05, 3.63) is 0 Å². The van der Waals surface area contributed by atoms with E-state index in [0.717, 1.165) is 32.8 Å². The highest BCUT2D eigenvalue weighted by molar-refractivity contribution is 4.80. The van der Waals surface area contributed by atoms with E-state index in [1.807, 2.05) is 0 Å². The molecule has 3 nitrogen and oxygen atoms in total. The standard InChI is InChI=1S/C13H28N2O/c1-3-4-12(9-14)10-15-11-13(2)5-7-16-8-6-13/h12,15H,3-11,14H2,1-2H3.